The molecule has 1 unspecified atom stereocenters. The number of aliphatic hydroxyl groups is 1. The first kappa shape index (κ1) is 12.1. The van der Waals surface area contributed by atoms with Gasteiger partial charge in [0.1, 0.15) is 5.82 Å². The largest absolute Gasteiger partial charge is 0.384 e. The third-order valence-corrected chi connectivity index (χ3v) is 2.38. The van der Waals surface area contributed by atoms with Crippen molar-refractivity contribution in [3.8, 4) is 0 Å². The van der Waals surface area contributed by atoms with E-state index in [1.165, 1.54) is 12.1 Å². The molecule has 1 aromatic carbocycles. The van der Waals surface area contributed by atoms with E-state index >= 15 is 0 Å². The lowest BCUT2D eigenvalue weighted by atomic mass is 9.94. The van der Waals surface area contributed by atoms with Crippen LogP contribution in [0.1, 0.15) is 25.0 Å². The summed E-state index contributed by atoms with van der Waals surface area (Å²) in [5.41, 5.74) is 0.408. The molecule has 84 valence electrons. The van der Waals surface area contributed by atoms with Gasteiger partial charge in [-0.25, -0.2) is 4.39 Å². The summed E-state index contributed by atoms with van der Waals surface area (Å²) in [6.07, 6.45) is 0. The Balaban J connectivity index is 2.93. The lowest BCUT2D eigenvalue weighted by Gasteiger charge is -2.24. The molecule has 0 bridgehead atoms. The van der Waals surface area contributed by atoms with Gasteiger partial charge in [0.05, 0.1) is 5.60 Å². The van der Waals surface area contributed by atoms with Gasteiger partial charge in [-0.2, -0.15) is 0 Å². The summed E-state index contributed by atoms with van der Waals surface area (Å²) in [6, 6.07) is 4.64. The van der Waals surface area contributed by atoms with Gasteiger partial charge in [0.2, 0.25) is 0 Å². The number of halogens is 1. The molecule has 0 fully saturated rings. The fraction of sp³-hybridized carbons (Fsp3) is 0.500. The molecule has 0 radical (unpaired) electrons. The van der Waals surface area contributed by atoms with Gasteiger partial charge < -0.3 is 10.4 Å². The molecule has 0 spiro atoms. The van der Waals surface area contributed by atoms with Crippen LogP contribution < -0.4 is 5.32 Å². The molecule has 0 aromatic heterocycles. The van der Waals surface area contributed by atoms with E-state index < -0.39 is 5.60 Å². The van der Waals surface area contributed by atoms with Crippen molar-refractivity contribution < 1.29 is 9.50 Å². The Labute approximate surface area is 90.1 Å². The Morgan fingerprint density at radius 2 is 2.07 bits per heavy atom. The standard InChI is InChI=1S/C12H18FNO/c1-4-14-8-12(3,15)10-5-9(2)6-11(13)7-10/h5-7,14-15H,4,8H2,1-3H3. The molecule has 0 aliphatic rings. The van der Waals surface area contributed by atoms with Crippen LogP contribution in [-0.2, 0) is 5.60 Å². The minimum Gasteiger partial charge on any atom is -0.384 e. The van der Waals surface area contributed by atoms with E-state index in [1.54, 1.807) is 13.0 Å². The van der Waals surface area contributed by atoms with Crippen LogP contribution in [0.3, 0.4) is 0 Å². The van der Waals surface area contributed by atoms with Gasteiger partial charge in [0.15, 0.2) is 0 Å². The molecule has 0 aliphatic heterocycles. The summed E-state index contributed by atoms with van der Waals surface area (Å²) in [4.78, 5) is 0. The van der Waals surface area contributed by atoms with Gasteiger partial charge in [-0.1, -0.05) is 13.0 Å². The van der Waals surface area contributed by atoms with E-state index in [0.29, 0.717) is 12.1 Å². The number of likely N-dealkylation sites (N-methyl/N-ethyl adjacent to an activating group) is 1. The SMILES string of the molecule is CCNCC(C)(O)c1cc(C)cc(F)c1. The smallest absolute Gasteiger partial charge is 0.123 e. The van der Waals surface area contributed by atoms with Crippen LogP contribution in [0.15, 0.2) is 18.2 Å². The third kappa shape index (κ3) is 3.29. The number of aryl methyl sites for hydroxylation is 1. The molecular formula is C12H18FNO. The number of nitrogens with one attached hydrogen (secondary N) is 1. The molecule has 0 amide bonds. The Bertz CT molecular complexity index is 316. The molecule has 1 atom stereocenters. The second kappa shape index (κ2) is 4.73. The van der Waals surface area contributed by atoms with Crippen LogP contribution >= 0.6 is 0 Å². The van der Waals surface area contributed by atoms with E-state index in [-0.39, 0.29) is 5.82 Å². The molecular weight excluding hydrogens is 193 g/mol. The highest BCUT2D eigenvalue weighted by molar-refractivity contribution is 5.28. The van der Waals surface area contributed by atoms with Crippen LogP contribution in [-0.4, -0.2) is 18.2 Å². The van der Waals surface area contributed by atoms with Gasteiger partial charge in [-0.15, -0.1) is 0 Å². The first-order valence-corrected chi connectivity index (χ1v) is 5.16. The molecule has 1 aromatic rings. The lowest BCUT2D eigenvalue weighted by molar-refractivity contribution is 0.0572. The summed E-state index contributed by atoms with van der Waals surface area (Å²) < 4.78 is 13.1. The van der Waals surface area contributed by atoms with Crippen molar-refractivity contribution in [3.63, 3.8) is 0 Å². The molecule has 0 saturated carbocycles. The molecule has 2 N–H and O–H groups in total. The predicted octanol–water partition coefficient (Wildman–Crippen LogP) is 1.95. The van der Waals surface area contributed by atoms with Gasteiger partial charge >= 0.3 is 0 Å². The van der Waals surface area contributed by atoms with Crippen molar-refractivity contribution in [2.24, 2.45) is 0 Å². The zero-order valence-electron chi connectivity index (χ0n) is 9.47. The number of hydrogen-bond donors (Lipinski definition) is 2. The minimum atomic E-state index is -1.02. The zero-order valence-corrected chi connectivity index (χ0v) is 9.47. The highest BCUT2D eigenvalue weighted by atomic mass is 19.1. The molecule has 1 rings (SSSR count). The average molecular weight is 211 g/mol. The number of hydrogen-bond acceptors (Lipinski definition) is 2. The maximum Gasteiger partial charge on any atom is 0.123 e. The second-order valence-corrected chi connectivity index (χ2v) is 4.07. The van der Waals surface area contributed by atoms with E-state index in [1.807, 2.05) is 13.8 Å². The summed E-state index contributed by atoms with van der Waals surface area (Å²) in [5, 5.41) is 13.2. The first-order valence-electron chi connectivity index (χ1n) is 5.16. The van der Waals surface area contributed by atoms with Crippen molar-refractivity contribution in [2.75, 3.05) is 13.1 Å². The Morgan fingerprint density at radius 3 is 2.60 bits per heavy atom. The third-order valence-electron chi connectivity index (χ3n) is 2.38. The van der Waals surface area contributed by atoms with Crippen LogP contribution in [0.2, 0.25) is 0 Å². The zero-order chi connectivity index (χ0) is 11.5. The highest BCUT2D eigenvalue weighted by Gasteiger charge is 2.23. The van der Waals surface area contributed by atoms with Crippen LogP contribution in [0.5, 0.6) is 0 Å². The van der Waals surface area contributed by atoms with Gasteiger partial charge in [-0.05, 0) is 43.7 Å². The average Bonchev–Trinajstić information content (AvgIpc) is 2.13. The van der Waals surface area contributed by atoms with Crippen molar-refractivity contribution in [2.45, 2.75) is 26.4 Å². The quantitative estimate of drug-likeness (QED) is 0.798. The summed E-state index contributed by atoms with van der Waals surface area (Å²) >= 11 is 0. The second-order valence-electron chi connectivity index (χ2n) is 4.07. The summed E-state index contributed by atoms with van der Waals surface area (Å²) in [7, 11) is 0. The molecule has 2 nitrogen and oxygen atoms in total. The Morgan fingerprint density at radius 1 is 1.40 bits per heavy atom. The fourth-order valence-corrected chi connectivity index (χ4v) is 1.52. The van der Waals surface area contributed by atoms with E-state index in [9.17, 15) is 9.50 Å². The number of benzene rings is 1. The van der Waals surface area contributed by atoms with Crippen molar-refractivity contribution in [1.29, 1.82) is 0 Å². The molecule has 0 saturated heterocycles. The van der Waals surface area contributed by atoms with E-state index in [2.05, 4.69) is 5.32 Å². The van der Waals surface area contributed by atoms with Crippen LogP contribution in [0, 0.1) is 12.7 Å². The monoisotopic (exact) mass is 211 g/mol. The molecule has 0 heterocycles. The predicted molar refractivity (Wildman–Crippen MR) is 59.3 cm³/mol. The number of rotatable bonds is 4. The van der Waals surface area contributed by atoms with Crippen LogP contribution in [0.25, 0.3) is 0 Å². The summed E-state index contributed by atoms with van der Waals surface area (Å²) in [6.45, 7) is 6.67. The normalized spacial score (nSPS) is 15.0. The van der Waals surface area contributed by atoms with Crippen LogP contribution in [0.4, 0.5) is 4.39 Å². The van der Waals surface area contributed by atoms with E-state index in [4.69, 9.17) is 0 Å². The van der Waals surface area contributed by atoms with Crippen molar-refractivity contribution in [3.05, 3.63) is 35.1 Å². The Kier molecular flexibility index (Phi) is 3.83. The Hall–Kier alpha value is -0.930. The fourth-order valence-electron chi connectivity index (χ4n) is 1.52. The van der Waals surface area contributed by atoms with E-state index in [0.717, 1.165) is 12.1 Å². The first-order chi connectivity index (χ1) is 6.95. The summed E-state index contributed by atoms with van der Waals surface area (Å²) in [5.74, 6) is -0.304. The van der Waals surface area contributed by atoms with Gasteiger partial charge in [-0.3, -0.25) is 0 Å². The van der Waals surface area contributed by atoms with Crippen molar-refractivity contribution >= 4 is 0 Å². The highest BCUT2D eigenvalue weighted by Crippen LogP contribution is 2.21. The molecule has 15 heavy (non-hydrogen) atoms. The van der Waals surface area contributed by atoms with Crippen molar-refractivity contribution in [1.82, 2.24) is 5.32 Å². The molecule has 0 aliphatic carbocycles. The van der Waals surface area contributed by atoms with Gasteiger partial charge in [0, 0.05) is 6.54 Å². The maximum atomic E-state index is 13.1. The minimum absolute atomic E-state index is 0.304. The maximum absolute atomic E-state index is 13.1. The molecule has 3 heteroatoms. The van der Waals surface area contributed by atoms with Gasteiger partial charge in [0.25, 0.3) is 0 Å². The topological polar surface area (TPSA) is 32.3 Å². The lowest BCUT2D eigenvalue weighted by Crippen LogP contribution is -2.35.